The van der Waals surface area contributed by atoms with Crippen LogP contribution >= 0.6 is 0 Å². The summed E-state index contributed by atoms with van der Waals surface area (Å²) in [5.74, 6) is 1.46. The van der Waals surface area contributed by atoms with Crippen LogP contribution in [0.1, 0.15) is 24.6 Å². The third-order valence-electron chi connectivity index (χ3n) is 1.32. The topological polar surface area (TPSA) is 64.9 Å². The first kappa shape index (κ1) is 7.21. The molecule has 0 bridgehead atoms. The van der Waals surface area contributed by atoms with E-state index in [0.717, 1.165) is 0 Å². The van der Waals surface area contributed by atoms with Gasteiger partial charge < -0.3 is 10.3 Å². The van der Waals surface area contributed by atoms with Crippen molar-refractivity contribution in [2.45, 2.75) is 19.8 Å². The van der Waals surface area contributed by atoms with Crippen LogP contribution in [0.25, 0.3) is 0 Å². The van der Waals surface area contributed by atoms with Crippen molar-refractivity contribution < 1.29 is 4.52 Å². The fourth-order valence-electron chi connectivity index (χ4n) is 0.614. The van der Waals surface area contributed by atoms with Gasteiger partial charge in [0.05, 0.1) is 0 Å². The fraction of sp³-hybridized carbons (Fsp3) is 0.667. The Hall–Kier alpha value is -0.900. The minimum absolute atomic E-state index is 0.168. The van der Waals surface area contributed by atoms with Gasteiger partial charge in [-0.25, -0.2) is 0 Å². The van der Waals surface area contributed by atoms with Crippen LogP contribution in [0.15, 0.2) is 4.52 Å². The Labute approximate surface area is 59.4 Å². The monoisotopic (exact) mass is 141 g/mol. The molecule has 0 saturated heterocycles. The van der Waals surface area contributed by atoms with Crippen molar-refractivity contribution in [3.05, 3.63) is 11.7 Å². The SMILES string of the molecule is Cc1noc(C(C)CN)n1. The molecule has 0 saturated carbocycles. The van der Waals surface area contributed by atoms with Gasteiger partial charge in [-0.3, -0.25) is 0 Å². The lowest BCUT2D eigenvalue weighted by Gasteiger charge is -1.98. The van der Waals surface area contributed by atoms with Crippen molar-refractivity contribution >= 4 is 0 Å². The van der Waals surface area contributed by atoms with Crippen molar-refractivity contribution in [1.29, 1.82) is 0 Å². The number of rotatable bonds is 2. The maximum atomic E-state index is 5.39. The van der Waals surface area contributed by atoms with E-state index >= 15 is 0 Å². The molecule has 1 rings (SSSR count). The molecule has 1 aromatic rings. The summed E-state index contributed by atoms with van der Waals surface area (Å²) in [4.78, 5) is 4.02. The van der Waals surface area contributed by atoms with Gasteiger partial charge in [-0.2, -0.15) is 4.98 Å². The second kappa shape index (κ2) is 2.79. The molecule has 1 heterocycles. The predicted molar refractivity (Wildman–Crippen MR) is 36.5 cm³/mol. The van der Waals surface area contributed by atoms with Crippen LogP contribution in [0, 0.1) is 6.92 Å². The van der Waals surface area contributed by atoms with Gasteiger partial charge in [0, 0.05) is 12.5 Å². The maximum Gasteiger partial charge on any atom is 0.230 e. The number of nitrogens with two attached hydrogens (primary N) is 1. The summed E-state index contributed by atoms with van der Waals surface area (Å²) in [7, 11) is 0. The Balaban J connectivity index is 2.74. The molecular weight excluding hydrogens is 130 g/mol. The second-order valence-electron chi connectivity index (χ2n) is 2.32. The molecule has 4 heteroatoms. The molecule has 0 radical (unpaired) electrons. The minimum Gasteiger partial charge on any atom is -0.339 e. The quantitative estimate of drug-likeness (QED) is 0.649. The van der Waals surface area contributed by atoms with Gasteiger partial charge in [0.2, 0.25) is 5.89 Å². The molecule has 4 nitrogen and oxygen atoms in total. The Bertz CT molecular complexity index is 209. The van der Waals surface area contributed by atoms with Crippen LogP contribution in [0.3, 0.4) is 0 Å². The van der Waals surface area contributed by atoms with E-state index in [1.165, 1.54) is 0 Å². The van der Waals surface area contributed by atoms with Crippen LogP contribution in [0.5, 0.6) is 0 Å². The largest absolute Gasteiger partial charge is 0.339 e. The van der Waals surface area contributed by atoms with E-state index in [1.807, 2.05) is 6.92 Å². The summed E-state index contributed by atoms with van der Waals surface area (Å²) in [5.41, 5.74) is 5.39. The van der Waals surface area contributed by atoms with Gasteiger partial charge in [0.15, 0.2) is 5.82 Å². The standard InChI is InChI=1S/C6H11N3O/c1-4(3-7)6-8-5(2)9-10-6/h4H,3,7H2,1-2H3. The van der Waals surface area contributed by atoms with Crippen molar-refractivity contribution in [2.75, 3.05) is 6.54 Å². The lowest BCUT2D eigenvalue weighted by atomic mass is 10.2. The van der Waals surface area contributed by atoms with Crippen LogP contribution in [0.2, 0.25) is 0 Å². The van der Waals surface area contributed by atoms with E-state index in [0.29, 0.717) is 18.3 Å². The van der Waals surface area contributed by atoms with Crippen LogP contribution in [-0.4, -0.2) is 16.7 Å². The smallest absolute Gasteiger partial charge is 0.230 e. The summed E-state index contributed by atoms with van der Waals surface area (Å²) in [5, 5.41) is 3.64. The van der Waals surface area contributed by atoms with Crippen LogP contribution in [0.4, 0.5) is 0 Å². The van der Waals surface area contributed by atoms with Gasteiger partial charge >= 0.3 is 0 Å². The van der Waals surface area contributed by atoms with E-state index in [9.17, 15) is 0 Å². The average molecular weight is 141 g/mol. The fourth-order valence-corrected chi connectivity index (χ4v) is 0.614. The van der Waals surface area contributed by atoms with Gasteiger partial charge in [0.25, 0.3) is 0 Å². The first-order valence-corrected chi connectivity index (χ1v) is 3.24. The third kappa shape index (κ3) is 1.33. The highest BCUT2D eigenvalue weighted by Gasteiger charge is 2.09. The predicted octanol–water partition coefficient (Wildman–Crippen LogP) is 0.440. The molecule has 0 spiro atoms. The van der Waals surface area contributed by atoms with E-state index in [-0.39, 0.29) is 5.92 Å². The third-order valence-corrected chi connectivity index (χ3v) is 1.32. The van der Waals surface area contributed by atoms with Crippen molar-refractivity contribution in [3.63, 3.8) is 0 Å². The average Bonchev–Trinajstić information content (AvgIpc) is 2.34. The summed E-state index contributed by atoms with van der Waals surface area (Å²) in [6.45, 7) is 4.28. The summed E-state index contributed by atoms with van der Waals surface area (Å²) in [6, 6.07) is 0. The molecule has 0 aliphatic carbocycles. The van der Waals surface area contributed by atoms with Crippen LogP contribution < -0.4 is 5.73 Å². The zero-order valence-corrected chi connectivity index (χ0v) is 6.16. The molecule has 0 fully saturated rings. The van der Waals surface area contributed by atoms with Gasteiger partial charge in [-0.05, 0) is 6.92 Å². The summed E-state index contributed by atoms with van der Waals surface area (Å²) >= 11 is 0. The lowest BCUT2D eigenvalue weighted by molar-refractivity contribution is 0.358. The van der Waals surface area contributed by atoms with Gasteiger partial charge in [0.1, 0.15) is 0 Å². The van der Waals surface area contributed by atoms with Crippen molar-refractivity contribution in [3.8, 4) is 0 Å². The molecule has 0 aromatic carbocycles. The number of hydrogen-bond acceptors (Lipinski definition) is 4. The maximum absolute atomic E-state index is 5.39. The molecule has 1 aromatic heterocycles. The van der Waals surface area contributed by atoms with Gasteiger partial charge in [-0.1, -0.05) is 12.1 Å². The zero-order valence-electron chi connectivity index (χ0n) is 6.16. The zero-order chi connectivity index (χ0) is 7.56. The summed E-state index contributed by atoms with van der Waals surface area (Å²) in [6.07, 6.45) is 0. The van der Waals surface area contributed by atoms with Gasteiger partial charge in [-0.15, -0.1) is 0 Å². The molecule has 1 atom stereocenters. The highest BCUT2D eigenvalue weighted by Crippen LogP contribution is 2.09. The Kier molecular flexibility index (Phi) is 2.01. The molecule has 56 valence electrons. The summed E-state index contributed by atoms with van der Waals surface area (Å²) < 4.78 is 4.88. The van der Waals surface area contributed by atoms with E-state index in [1.54, 1.807) is 6.92 Å². The Morgan fingerprint density at radius 3 is 2.80 bits per heavy atom. The molecular formula is C6H11N3O. The molecule has 0 amide bonds. The number of hydrogen-bond donors (Lipinski definition) is 1. The highest BCUT2D eigenvalue weighted by molar-refractivity contribution is 4.90. The Morgan fingerprint density at radius 1 is 1.70 bits per heavy atom. The van der Waals surface area contributed by atoms with E-state index in [4.69, 9.17) is 10.3 Å². The molecule has 1 unspecified atom stereocenters. The molecule has 10 heavy (non-hydrogen) atoms. The normalized spacial score (nSPS) is 13.5. The first-order chi connectivity index (χ1) is 4.74. The number of aromatic nitrogens is 2. The van der Waals surface area contributed by atoms with E-state index < -0.39 is 0 Å². The second-order valence-corrected chi connectivity index (χ2v) is 2.32. The van der Waals surface area contributed by atoms with Crippen LogP contribution in [-0.2, 0) is 0 Å². The molecule has 0 aliphatic heterocycles. The lowest BCUT2D eigenvalue weighted by Crippen LogP contribution is -2.08. The van der Waals surface area contributed by atoms with Crippen molar-refractivity contribution in [1.82, 2.24) is 10.1 Å². The first-order valence-electron chi connectivity index (χ1n) is 3.24. The highest BCUT2D eigenvalue weighted by atomic mass is 16.5. The molecule has 2 N–H and O–H groups in total. The Morgan fingerprint density at radius 2 is 2.40 bits per heavy atom. The number of nitrogens with zero attached hydrogens (tertiary/aromatic N) is 2. The van der Waals surface area contributed by atoms with E-state index in [2.05, 4.69) is 10.1 Å². The van der Waals surface area contributed by atoms with Crippen molar-refractivity contribution in [2.24, 2.45) is 5.73 Å². The number of aryl methyl sites for hydroxylation is 1. The molecule has 0 aliphatic rings. The minimum atomic E-state index is 0.168.